The van der Waals surface area contributed by atoms with Crippen molar-refractivity contribution in [2.45, 2.75) is 164 Å². The molecule has 0 aliphatic carbocycles. The second-order valence-electron chi connectivity index (χ2n) is 25.0. The molecule has 6 heterocycles. The minimum absolute atomic E-state index is 0.0205. The number of unbranched alkanes of at least 4 members (excludes halogenated alkanes) is 3. The van der Waals surface area contributed by atoms with E-state index in [1.807, 2.05) is 48.5 Å². The molecule has 2 unspecified atom stereocenters. The van der Waals surface area contributed by atoms with Crippen LogP contribution < -0.4 is 52.6 Å². The number of carbonyl (C=O) groups is 11. The number of para-hydroxylation sites is 1. The van der Waals surface area contributed by atoms with E-state index in [9.17, 15) is 68.1 Å². The van der Waals surface area contributed by atoms with Gasteiger partial charge in [-0.2, -0.15) is 15.4 Å². The quantitative estimate of drug-likeness (QED) is 0.0507. The van der Waals surface area contributed by atoms with Crippen LogP contribution in [0.5, 0.6) is 5.75 Å². The molecule has 2 aromatic heterocycles. The molecular weight excluding hydrogens is 1280 g/mol. The predicted octanol–water partition coefficient (Wildman–Crippen LogP) is -0.168. The van der Waals surface area contributed by atoms with Crippen molar-refractivity contribution in [1.82, 2.24) is 62.5 Å². The van der Waals surface area contributed by atoms with E-state index in [0.29, 0.717) is 66.0 Å². The zero-order chi connectivity index (χ0) is 69.6. The van der Waals surface area contributed by atoms with Gasteiger partial charge in [0.25, 0.3) is 0 Å². The summed E-state index contributed by atoms with van der Waals surface area (Å²) in [6, 6.07) is 10.1. The molecule has 520 valence electrons. The van der Waals surface area contributed by atoms with Crippen LogP contribution in [0.25, 0.3) is 33.4 Å². The zero-order valence-electron chi connectivity index (χ0n) is 54.2. The molecular formula is C66H84N14O16S. The number of ketones is 1. The smallest absolute Gasteiger partial charge is 0.246 e. The Morgan fingerprint density at radius 1 is 0.804 bits per heavy atom. The van der Waals surface area contributed by atoms with Gasteiger partial charge in [-0.1, -0.05) is 82.5 Å². The molecule has 5 aromatic rings. The number of nitrogens with zero attached hydrogens (tertiary/aromatic N) is 4. The number of Topliss-reactive ketones (excluding diaryl/α,β-unsaturated/α-hetero) is 1. The highest BCUT2D eigenvalue weighted by Gasteiger charge is 2.45. The van der Waals surface area contributed by atoms with Crippen LogP contribution >= 0.6 is 0 Å². The summed E-state index contributed by atoms with van der Waals surface area (Å²) in [6.45, 7) is 3.58. The van der Waals surface area contributed by atoms with E-state index < -0.39 is 169 Å². The van der Waals surface area contributed by atoms with Crippen molar-refractivity contribution in [3.05, 3.63) is 77.9 Å². The Morgan fingerprint density at radius 3 is 2.29 bits per heavy atom. The van der Waals surface area contributed by atoms with Crippen LogP contribution in [0.15, 0.2) is 71.8 Å². The number of amides is 10. The molecule has 0 spiro atoms. The molecule has 1 saturated heterocycles. The first-order chi connectivity index (χ1) is 46.5. The molecule has 4 aliphatic rings. The van der Waals surface area contributed by atoms with Gasteiger partial charge in [0.2, 0.25) is 59.1 Å². The molecule has 31 heteroatoms. The highest BCUT2D eigenvalue weighted by Crippen LogP contribution is 2.40. The monoisotopic (exact) mass is 1360 g/mol. The maximum absolute atomic E-state index is 15.2. The molecule has 30 nitrogen and oxygen atoms in total. The topological polar surface area (TPSA) is 449 Å². The van der Waals surface area contributed by atoms with Crippen molar-refractivity contribution in [3.8, 4) is 28.3 Å². The van der Waals surface area contributed by atoms with E-state index in [-0.39, 0.29) is 67.7 Å². The molecule has 4 aliphatic heterocycles. The van der Waals surface area contributed by atoms with Crippen molar-refractivity contribution in [2.24, 2.45) is 17.6 Å². The van der Waals surface area contributed by atoms with Gasteiger partial charge in [0.1, 0.15) is 52.4 Å². The lowest BCUT2D eigenvalue weighted by molar-refractivity contribution is -0.144. The summed E-state index contributed by atoms with van der Waals surface area (Å²) in [6.07, 6.45) is -2.45. The van der Waals surface area contributed by atoms with Crippen molar-refractivity contribution in [1.29, 1.82) is 0 Å². The molecule has 2 bridgehead atoms. The number of carbonyl (C=O) groups excluding carboxylic acids is 11. The summed E-state index contributed by atoms with van der Waals surface area (Å²) < 4.78 is 21.4. The first kappa shape index (κ1) is 71.8. The summed E-state index contributed by atoms with van der Waals surface area (Å²) >= 11 is 0. The van der Waals surface area contributed by atoms with Gasteiger partial charge in [0.05, 0.1) is 78.7 Å². The number of primary amides is 1. The second kappa shape index (κ2) is 33.0. The largest absolute Gasteiger partial charge is 0.494 e. The van der Waals surface area contributed by atoms with Crippen LogP contribution in [0.1, 0.15) is 109 Å². The molecule has 9 rings (SSSR count). The third-order valence-corrected chi connectivity index (χ3v) is 19.6. The summed E-state index contributed by atoms with van der Waals surface area (Å²) in [5.41, 5.74) is 10.5. The number of aliphatic hydroxyl groups excluding tert-OH is 3. The van der Waals surface area contributed by atoms with E-state index in [0.717, 1.165) is 28.0 Å². The average molecular weight is 1360 g/mol. The van der Waals surface area contributed by atoms with Crippen molar-refractivity contribution in [2.75, 3.05) is 43.5 Å². The number of aromatic amines is 2. The number of nitrogens with two attached hydrogens (primary N) is 1. The van der Waals surface area contributed by atoms with E-state index in [1.165, 1.54) is 6.92 Å². The summed E-state index contributed by atoms with van der Waals surface area (Å²) in [5.74, 6) is -11.1. The molecule has 0 saturated carbocycles. The van der Waals surface area contributed by atoms with Crippen molar-refractivity contribution >= 4 is 92.2 Å². The molecule has 10 amide bonds. The number of rotatable bonds is 18. The molecule has 3 aromatic carbocycles. The van der Waals surface area contributed by atoms with E-state index in [4.69, 9.17) is 10.5 Å². The number of anilines is 1. The van der Waals surface area contributed by atoms with Gasteiger partial charge < -0.3 is 77.8 Å². The third kappa shape index (κ3) is 17.8. The number of fused-ring (bicyclic) bond motifs is 10. The Balaban J connectivity index is 0.933. The fourth-order valence-corrected chi connectivity index (χ4v) is 13.9. The molecule has 11 atom stereocenters. The highest BCUT2D eigenvalue weighted by atomic mass is 32.2. The van der Waals surface area contributed by atoms with Gasteiger partial charge in [-0.25, -0.2) is 0 Å². The number of ether oxygens (including phenoxy) is 1. The number of aromatic nitrogens is 4. The summed E-state index contributed by atoms with van der Waals surface area (Å²) in [5, 5.41) is 62.0. The lowest BCUT2D eigenvalue weighted by atomic mass is 9.92. The minimum atomic E-state index is -2.39. The number of H-pyrrole nitrogens is 2. The van der Waals surface area contributed by atoms with Crippen LogP contribution in [0.3, 0.4) is 0 Å². The lowest BCUT2D eigenvalue weighted by Crippen LogP contribution is -2.61. The molecule has 97 heavy (non-hydrogen) atoms. The Kier molecular flexibility index (Phi) is 24.4. The highest BCUT2D eigenvalue weighted by molar-refractivity contribution is 7.85. The maximum atomic E-state index is 15.2. The number of aliphatic hydroxyl groups is 3. The van der Waals surface area contributed by atoms with Crippen LogP contribution in [-0.2, 0) is 76.5 Å². The van der Waals surface area contributed by atoms with Gasteiger partial charge >= 0.3 is 0 Å². The Morgan fingerprint density at radius 2 is 1.54 bits per heavy atom. The van der Waals surface area contributed by atoms with Crippen LogP contribution in [-0.4, -0.2) is 197 Å². The van der Waals surface area contributed by atoms with Crippen LogP contribution in [0, 0.1) is 11.8 Å². The Hall–Kier alpha value is -9.46. The predicted molar refractivity (Wildman–Crippen MR) is 351 cm³/mol. The standard InChI is InChI=1S/C66H84N14O16S/c1-4-35(2)57-50(83)18-13-19-54(87)70-47-34-97(95)65-43(28-45(61(90)69-30-55(88)74-57)71-64(93)58(36(3)51(84)33-81)75-63(92)49-26-38(82)32-80(49)66(94)46(29-52(67)85)72-62(47)91)41-21-20-39(27-44(41)73-65)96-25-12-6-5-11-24-68-53(86)22-23-56(89)79-31-37-14-7-8-15-40(37)59-60(77-78-76-59)42-16-9-10-17-48(42)79/h7-10,14-17,20-21,27,35-36,38,45-47,49,51,57-58,73,81-82,84H,4-6,11-13,18-19,22-26,28-34H2,1-3H3,(H2,67,85)(H,68,86)(H,69,90)(H,70,87)(H,71,93)(H,72,91)(H,74,88)(H,75,92)(H,76,77,78)/t35-,36+,38-,45+,46+,47-,49?,51+,57+,58+,97?/m1/s1. The molecule has 14 N–H and O–H groups in total. The fourth-order valence-electron chi connectivity index (χ4n) is 12.5. The van der Waals surface area contributed by atoms with E-state index in [1.54, 1.807) is 36.9 Å². The molecule has 1 fully saturated rings. The summed E-state index contributed by atoms with van der Waals surface area (Å²) in [4.78, 5) is 160. The Bertz CT molecular complexity index is 3800. The van der Waals surface area contributed by atoms with Gasteiger partial charge in [0, 0.05) is 80.1 Å². The lowest BCUT2D eigenvalue weighted by Gasteiger charge is -2.32. The molecule has 0 radical (unpaired) electrons. The van der Waals surface area contributed by atoms with Crippen LogP contribution in [0.4, 0.5) is 5.69 Å². The SMILES string of the molecule is CC[C@@H](C)[C@@H]1NC(=O)CNC(=O)[C@@H]2Cc3c([nH]c4cc(OCCCCCCNC(=O)CCC(=O)N5Cc6ccccc6-c6n[nH]nc6-c6ccccc65)ccc34)S(=O)C[C@@H](NC(=O)CCCC1=O)C(=O)N[C@@H](CC(N)=O)C(=O)N1C[C@H](O)CC1C(=O)N[C@@H]([C@@H](C)[C@@H](O)CO)C(=O)N2. The number of hydrogen-bond acceptors (Lipinski definition) is 18. The third-order valence-electron chi connectivity index (χ3n) is 18.1. The normalized spacial score (nSPS) is 23.3. The summed E-state index contributed by atoms with van der Waals surface area (Å²) in [7, 11) is -2.39. The van der Waals surface area contributed by atoms with Crippen LogP contribution in [0.2, 0.25) is 0 Å². The number of benzene rings is 3. The minimum Gasteiger partial charge on any atom is -0.494 e. The van der Waals surface area contributed by atoms with Gasteiger partial charge in [-0.05, 0) is 54.5 Å². The first-order valence-electron chi connectivity index (χ1n) is 32.7. The van der Waals surface area contributed by atoms with E-state index in [2.05, 4.69) is 57.6 Å². The second-order valence-corrected chi connectivity index (χ2v) is 26.4. The zero-order valence-corrected chi connectivity index (χ0v) is 55.0. The number of nitrogens with one attached hydrogen (secondary N) is 9. The van der Waals surface area contributed by atoms with Gasteiger partial charge in [-0.15, -0.1) is 0 Å². The Labute approximate surface area is 560 Å². The maximum Gasteiger partial charge on any atom is 0.246 e. The van der Waals surface area contributed by atoms with Gasteiger partial charge in [0.15, 0.2) is 5.78 Å². The van der Waals surface area contributed by atoms with Crippen molar-refractivity contribution < 1.29 is 77.0 Å². The number of hydrogen-bond donors (Lipinski definition) is 13. The van der Waals surface area contributed by atoms with Crippen molar-refractivity contribution in [3.63, 3.8) is 0 Å². The first-order valence-corrected chi connectivity index (χ1v) is 34.0. The average Bonchev–Trinajstić information content (AvgIpc) is 1.75. The van der Waals surface area contributed by atoms with E-state index >= 15 is 4.21 Å². The van der Waals surface area contributed by atoms with Gasteiger partial charge in [-0.3, -0.25) is 56.9 Å². The fraction of sp³-hybridized carbons (Fsp3) is 0.500.